The second kappa shape index (κ2) is 9.10. The van der Waals surface area contributed by atoms with E-state index in [1.807, 2.05) is 19.3 Å². The van der Waals surface area contributed by atoms with Crippen LogP contribution in [0.4, 0.5) is 15.4 Å². The van der Waals surface area contributed by atoms with Crippen molar-refractivity contribution in [2.75, 3.05) is 31.6 Å². The summed E-state index contributed by atoms with van der Waals surface area (Å²) in [5.74, 6) is 1.50. The smallest absolute Gasteiger partial charge is 0.331 e. The lowest BCUT2D eigenvalue weighted by Crippen LogP contribution is -2.43. The van der Waals surface area contributed by atoms with Crippen molar-refractivity contribution in [1.82, 2.24) is 29.5 Å². The van der Waals surface area contributed by atoms with Gasteiger partial charge < -0.3 is 14.4 Å². The lowest BCUT2D eigenvalue weighted by molar-refractivity contribution is 0.154. The number of amides is 4. The molecule has 11 nitrogen and oxygen atoms in total. The molecule has 5 rings (SSSR count). The summed E-state index contributed by atoms with van der Waals surface area (Å²) in [6.07, 6.45) is 6.08. The Balaban J connectivity index is 1.24. The van der Waals surface area contributed by atoms with Gasteiger partial charge in [-0.05, 0) is 31.5 Å². The third-order valence-electron chi connectivity index (χ3n) is 5.86. The minimum Gasteiger partial charge on any atom is -0.455 e. The summed E-state index contributed by atoms with van der Waals surface area (Å²) in [6.45, 7) is 3.79. The van der Waals surface area contributed by atoms with Gasteiger partial charge >= 0.3 is 12.1 Å². The van der Waals surface area contributed by atoms with Gasteiger partial charge in [0.25, 0.3) is 0 Å². The number of nitrogens with one attached hydrogen (secondary N) is 1. The van der Waals surface area contributed by atoms with E-state index in [1.54, 1.807) is 47.1 Å². The Kier molecular flexibility index (Phi) is 5.84. The highest BCUT2D eigenvalue weighted by atomic mass is 16.5. The minimum atomic E-state index is -0.498. The monoisotopic (exact) mass is 463 g/mol. The van der Waals surface area contributed by atoms with Crippen LogP contribution in [0.1, 0.15) is 12.1 Å². The number of imide groups is 1. The SMILES string of the molecule is Cc1nc(NC(=O)N2CCN([C@@H]3CCOC3)C2=O)ccc1Oc1ccnc(-c2cnn(C)c2)c1. The average Bonchev–Trinajstić information content (AvgIpc) is 3.57. The van der Waals surface area contributed by atoms with E-state index in [9.17, 15) is 9.59 Å². The van der Waals surface area contributed by atoms with Gasteiger partial charge in [-0.25, -0.2) is 19.5 Å². The highest BCUT2D eigenvalue weighted by Crippen LogP contribution is 2.28. The Morgan fingerprint density at radius 2 is 2.15 bits per heavy atom. The molecule has 2 saturated heterocycles. The first-order chi connectivity index (χ1) is 16.5. The summed E-state index contributed by atoms with van der Waals surface area (Å²) < 4.78 is 13.1. The molecule has 2 aliphatic heterocycles. The Morgan fingerprint density at radius 1 is 1.26 bits per heavy atom. The van der Waals surface area contributed by atoms with Crippen LogP contribution in [0.3, 0.4) is 0 Å². The summed E-state index contributed by atoms with van der Waals surface area (Å²) in [4.78, 5) is 37.1. The second-order valence-corrected chi connectivity index (χ2v) is 8.24. The van der Waals surface area contributed by atoms with Crippen LogP contribution < -0.4 is 10.1 Å². The number of anilines is 1. The summed E-state index contributed by atoms with van der Waals surface area (Å²) in [5.41, 5.74) is 2.22. The first kappa shape index (κ1) is 21.8. The molecule has 0 spiro atoms. The molecule has 0 bridgehead atoms. The van der Waals surface area contributed by atoms with Gasteiger partial charge in [-0.15, -0.1) is 0 Å². The molecule has 0 aliphatic carbocycles. The number of aryl methyl sites for hydroxylation is 2. The first-order valence-electron chi connectivity index (χ1n) is 11.1. The molecular formula is C23H25N7O4. The van der Waals surface area contributed by atoms with Crippen LogP contribution in [0.15, 0.2) is 42.9 Å². The van der Waals surface area contributed by atoms with Gasteiger partial charge in [0.15, 0.2) is 0 Å². The minimum absolute atomic E-state index is 0.0361. The van der Waals surface area contributed by atoms with Crippen molar-refractivity contribution in [1.29, 1.82) is 0 Å². The maximum atomic E-state index is 12.7. The third-order valence-corrected chi connectivity index (χ3v) is 5.86. The van der Waals surface area contributed by atoms with E-state index in [0.717, 1.165) is 17.7 Å². The van der Waals surface area contributed by atoms with Crippen LogP contribution >= 0.6 is 0 Å². The van der Waals surface area contributed by atoms with E-state index in [0.29, 0.717) is 49.3 Å². The quantitative estimate of drug-likeness (QED) is 0.618. The number of urea groups is 2. The normalized spacial score (nSPS) is 17.9. The van der Waals surface area contributed by atoms with Crippen LogP contribution in [0, 0.1) is 6.92 Å². The number of hydrogen-bond donors (Lipinski definition) is 1. The molecule has 1 atom stereocenters. The van der Waals surface area contributed by atoms with Crippen molar-refractivity contribution in [2.24, 2.45) is 7.05 Å². The fourth-order valence-electron chi connectivity index (χ4n) is 4.06. The van der Waals surface area contributed by atoms with Crippen molar-refractivity contribution in [3.05, 3.63) is 48.5 Å². The van der Waals surface area contributed by atoms with Gasteiger partial charge in [0.1, 0.15) is 17.3 Å². The molecule has 3 aromatic heterocycles. The standard InChI is InChI=1S/C23H25N7O4/c1-15-20(34-18-5-7-24-19(11-18)16-12-25-28(2)13-16)3-4-21(26-15)27-22(31)30-9-8-29(23(30)32)17-6-10-33-14-17/h3-5,7,11-13,17H,6,8-10,14H2,1-2H3,(H,26,27,31)/t17-/m1/s1. The van der Waals surface area contributed by atoms with Gasteiger partial charge in [-0.2, -0.15) is 5.10 Å². The van der Waals surface area contributed by atoms with Crippen molar-refractivity contribution in [3.63, 3.8) is 0 Å². The molecule has 11 heteroatoms. The molecule has 176 valence electrons. The number of carbonyl (C=O) groups excluding carboxylic acids is 2. The molecular weight excluding hydrogens is 438 g/mol. The van der Waals surface area contributed by atoms with Gasteiger partial charge in [0, 0.05) is 50.8 Å². The molecule has 0 aromatic carbocycles. The highest BCUT2D eigenvalue weighted by molar-refractivity contribution is 6.01. The first-order valence-corrected chi connectivity index (χ1v) is 11.1. The fourth-order valence-corrected chi connectivity index (χ4v) is 4.06. The Labute approximate surface area is 196 Å². The number of aromatic nitrogens is 4. The number of pyridine rings is 2. The highest BCUT2D eigenvalue weighted by Gasteiger charge is 2.38. The Bertz CT molecular complexity index is 1220. The molecule has 2 fully saturated rings. The molecule has 0 unspecified atom stereocenters. The van der Waals surface area contributed by atoms with E-state index in [2.05, 4.69) is 20.4 Å². The Hall–Kier alpha value is -3.99. The topological polar surface area (TPSA) is 115 Å². The molecule has 3 aromatic rings. The number of ether oxygens (including phenoxy) is 2. The lowest BCUT2D eigenvalue weighted by atomic mass is 10.2. The zero-order valence-electron chi connectivity index (χ0n) is 19.0. The van der Waals surface area contributed by atoms with Crippen LogP contribution in [-0.2, 0) is 11.8 Å². The number of hydrogen-bond acceptors (Lipinski definition) is 7. The second-order valence-electron chi connectivity index (χ2n) is 8.24. The Morgan fingerprint density at radius 3 is 2.88 bits per heavy atom. The van der Waals surface area contributed by atoms with Crippen LogP contribution in [-0.4, -0.2) is 74.0 Å². The van der Waals surface area contributed by atoms with Crippen molar-refractivity contribution in [2.45, 2.75) is 19.4 Å². The van der Waals surface area contributed by atoms with E-state index in [4.69, 9.17) is 9.47 Å². The van der Waals surface area contributed by atoms with Crippen molar-refractivity contribution >= 4 is 17.9 Å². The predicted molar refractivity (Wildman–Crippen MR) is 123 cm³/mol. The maximum absolute atomic E-state index is 12.7. The number of rotatable bonds is 5. The molecule has 4 amide bonds. The largest absolute Gasteiger partial charge is 0.455 e. The van der Waals surface area contributed by atoms with Gasteiger partial charge in [-0.1, -0.05) is 0 Å². The fraction of sp³-hybridized carbons (Fsp3) is 0.348. The van der Waals surface area contributed by atoms with Crippen LogP contribution in [0.5, 0.6) is 11.5 Å². The summed E-state index contributed by atoms with van der Waals surface area (Å²) >= 11 is 0. The number of carbonyl (C=O) groups is 2. The summed E-state index contributed by atoms with van der Waals surface area (Å²) in [7, 11) is 1.85. The molecule has 2 aliphatic rings. The van der Waals surface area contributed by atoms with Gasteiger partial charge in [0.05, 0.1) is 30.2 Å². The van der Waals surface area contributed by atoms with Crippen LogP contribution in [0.25, 0.3) is 11.3 Å². The predicted octanol–water partition coefficient (Wildman–Crippen LogP) is 3.04. The molecule has 1 N–H and O–H groups in total. The zero-order valence-corrected chi connectivity index (χ0v) is 19.0. The number of nitrogens with zero attached hydrogens (tertiary/aromatic N) is 6. The summed E-state index contributed by atoms with van der Waals surface area (Å²) in [6, 6.07) is 6.20. The summed E-state index contributed by atoms with van der Waals surface area (Å²) in [5, 5.41) is 6.88. The van der Waals surface area contributed by atoms with E-state index in [-0.39, 0.29) is 12.1 Å². The van der Waals surface area contributed by atoms with Crippen molar-refractivity contribution < 1.29 is 19.1 Å². The molecule has 0 saturated carbocycles. The lowest BCUT2D eigenvalue weighted by Gasteiger charge is -2.22. The van der Waals surface area contributed by atoms with E-state index < -0.39 is 6.03 Å². The van der Waals surface area contributed by atoms with E-state index in [1.165, 1.54) is 4.90 Å². The van der Waals surface area contributed by atoms with Gasteiger partial charge in [-0.3, -0.25) is 15.0 Å². The zero-order chi connectivity index (χ0) is 23.7. The molecule has 34 heavy (non-hydrogen) atoms. The van der Waals surface area contributed by atoms with Crippen LogP contribution in [0.2, 0.25) is 0 Å². The van der Waals surface area contributed by atoms with Crippen molar-refractivity contribution in [3.8, 4) is 22.8 Å². The maximum Gasteiger partial charge on any atom is 0.331 e. The van der Waals surface area contributed by atoms with E-state index >= 15 is 0 Å². The third kappa shape index (κ3) is 4.42. The molecule has 0 radical (unpaired) electrons. The average molecular weight is 463 g/mol. The van der Waals surface area contributed by atoms with Gasteiger partial charge in [0.2, 0.25) is 0 Å². The molecule has 5 heterocycles.